The quantitative estimate of drug-likeness (QED) is 0.170. The van der Waals surface area contributed by atoms with E-state index in [1.807, 2.05) is 42.6 Å². The zero-order chi connectivity index (χ0) is 37.8. The van der Waals surface area contributed by atoms with Gasteiger partial charge in [-0.2, -0.15) is 5.26 Å². The first-order valence-corrected chi connectivity index (χ1v) is 19.9. The minimum atomic E-state index is 0.250. The van der Waals surface area contributed by atoms with Gasteiger partial charge in [0.1, 0.15) is 5.65 Å². The number of hydrogen-bond acceptors (Lipinski definition) is 5. The molecule has 0 radical (unpaired) electrons. The van der Waals surface area contributed by atoms with Crippen molar-refractivity contribution in [1.82, 2.24) is 24.5 Å². The highest BCUT2D eigenvalue weighted by Crippen LogP contribution is 2.54. The molecule has 272 valence electrons. The largest absolute Gasteiger partial charge is 0.294 e. The average molecular weight is 727 g/mol. The Balaban J connectivity index is 1.12. The van der Waals surface area contributed by atoms with Crippen LogP contribution in [-0.4, -0.2) is 24.5 Å². The van der Waals surface area contributed by atoms with Crippen LogP contribution in [0.1, 0.15) is 57.1 Å². The molecular formula is C50H42N6. The lowest BCUT2D eigenvalue weighted by Gasteiger charge is -2.50. The minimum Gasteiger partial charge on any atom is -0.294 e. The summed E-state index contributed by atoms with van der Waals surface area (Å²) in [6, 6.07) is 48.3. The number of aromatic nitrogens is 5. The number of nitrogens with zero attached hydrogens (tertiary/aromatic N) is 6. The molecule has 5 aromatic carbocycles. The van der Waals surface area contributed by atoms with E-state index in [1.165, 1.54) is 37.7 Å². The Bertz CT molecular complexity index is 2740. The molecule has 2 bridgehead atoms. The molecule has 0 amide bonds. The van der Waals surface area contributed by atoms with Crippen LogP contribution in [0, 0.1) is 29.1 Å². The third kappa shape index (κ3) is 5.95. The van der Waals surface area contributed by atoms with Gasteiger partial charge in [0.2, 0.25) is 0 Å². The molecule has 0 saturated heterocycles. The van der Waals surface area contributed by atoms with Gasteiger partial charge < -0.3 is 0 Å². The Morgan fingerprint density at radius 1 is 0.607 bits per heavy atom. The number of fused-ring (bicyclic) bond motifs is 5. The first-order valence-electron chi connectivity index (χ1n) is 19.9. The van der Waals surface area contributed by atoms with Gasteiger partial charge >= 0.3 is 0 Å². The van der Waals surface area contributed by atoms with E-state index in [2.05, 4.69) is 122 Å². The Kier molecular flexibility index (Phi) is 8.33. The fraction of sp³-hybridized carbons (Fsp3) is 0.220. The lowest BCUT2D eigenvalue weighted by molar-refractivity contribution is 0.0780. The summed E-state index contributed by atoms with van der Waals surface area (Å²) in [6.07, 6.45) is 8.42. The van der Waals surface area contributed by atoms with Gasteiger partial charge in [-0.05, 0) is 108 Å². The van der Waals surface area contributed by atoms with Crippen molar-refractivity contribution in [3.63, 3.8) is 0 Å². The summed E-state index contributed by atoms with van der Waals surface area (Å²) < 4.78 is 2.22. The number of rotatable bonds is 6. The molecule has 6 nitrogen and oxygen atoms in total. The summed E-state index contributed by atoms with van der Waals surface area (Å²) in [5, 5.41) is 11.4. The van der Waals surface area contributed by atoms with Crippen molar-refractivity contribution < 1.29 is 0 Å². The molecule has 4 atom stereocenters. The van der Waals surface area contributed by atoms with Gasteiger partial charge in [-0.25, -0.2) is 19.9 Å². The fourth-order valence-electron chi connectivity index (χ4n) is 10.2. The highest BCUT2D eigenvalue weighted by Gasteiger charge is 2.45. The standard InChI is InChI=1S/C50H42N6/c1-32-26-35-27-33(2)29-50(28-32,30-35)40-22-20-39(21-23-40)47-53-46(38-18-16-37(17-19-38)36-14-12-34(31-51)13-15-36)54-48(55-47)43-24-25-52-49-45(43)42-10-6-7-11-44(42)56(49)41-8-4-3-5-9-41/h3-25,32-33,35H,26-30H2,1-2H3/t32-,33+,35?,50-. The maximum Gasteiger partial charge on any atom is 0.164 e. The van der Waals surface area contributed by atoms with Crippen molar-refractivity contribution in [3.05, 3.63) is 151 Å². The number of benzene rings is 5. The SMILES string of the molecule is C[C@@H]1CC2C[C@H](C)C[C@@](c3ccc(-c4nc(-c5ccc(-c6ccc(C#N)cc6)cc5)nc(-c5ccnc6c5c5ccccc5n6-c5ccccc5)n4)cc3)(C2)C1. The van der Waals surface area contributed by atoms with E-state index in [-0.39, 0.29) is 5.41 Å². The molecule has 2 aliphatic carbocycles. The number of hydrogen-bond donors (Lipinski definition) is 0. The predicted octanol–water partition coefficient (Wildman–Crippen LogP) is 12.0. The zero-order valence-electron chi connectivity index (χ0n) is 31.7. The van der Waals surface area contributed by atoms with Gasteiger partial charge in [-0.1, -0.05) is 111 Å². The van der Waals surface area contributed by atoms with E-state index >= 15 is 0 Å². The van der Waals surface area contributed by atoms with Crippen LogP contribution in [-0.2, 0) is 5.41 Å². The lowest BCUT2D eigenvalue weighted by Crippen LogP contribution is -2.42. The van der Waals surface area contributed by atoms with Crippen LogP contribution in [0.2, 0.25) is 0 Å². The monoisotopic (exact) mass is 726 g/mol. The molecule has 56 heavy (non-hydrogen) atoms. The highest BCUT2D eigenvalue weighted by molar-refractivity contribution is 6.14. The molecule has 2 aliphatic rings. The molecule has 2 saturated carbocycles. The van der Waals surface area contributed by atoms with Crippen LogP contribution in [0.4, 0.5) is 0 Å². The first kappa shape index (κ1) is 34.1. The predicted molar refractivity (Wildman–Crippen MR) is 225 cm³/mol. The molecule has 0 spiro atoms. The van der Waals surface area contributed by atoms with Crippen molar-refractivity contribution in [2.75, 3.05) is 0 Å². The van der Waals surface area contributed by atoms with Crippen LogP contribution in [0.5, 0.6) is 0 Å². The fourth-order valence-corrected chi connectivity index (χ4v) is 10.2. The molecule has 2 fully saturated rings. The van der Waals surface area contributed by atoms with E-state index < -0.39 is 0 Å². The van der Waals surface area contributed by atoms with Gasteiger partial charge in [0, 0.05) is 39.3 Å². The number of pyridine rings is 1. The topological polar surface area (TPSA) is 80.3 Å². The highest BCUT2D eigenvalue weighted by atomic mass is 15.1. The Morgan fingerprint density at radius 2 is 1.18 bits per heavy atom. The van der Waals surface area contributed by atoms with Gasteiger partial charge in [0.25, 0.3) is 0 Å². The van der Waals surface area contributed by atoms with Crippen molar-refractivity contribution in [2.45, 2.75) is 51.4 Å². The molecule has 3 heterocycles. The Labute approximate surface area is 327 Å². The molecule has 8 aromatic rings. The van der Waals surface area contributed by atoms with Crippen molar-refractivity contribution in [2.24, 2.45) is 17.8 Å². The van der Waals surface area contributed by atoms with Crippen LogP contribution in [0.3, 0.4) is 0 Å². The average Bonchev–Trinajstić information content (AvgIpc) is 3.58. The summed E-state index contributed by atoms with van der Waals surface area (Å²) in [5.74, 6) is 4.20. The first-order chi connectivity index (χ1) is 27.4. The number of nitriles is 1. The summed E-state index contributed by atoms with van der Waals surface area (Å²) in [4.78, 5) is 20.6. The summed E-state index contributed by atoms with van der Waals surface area (Å²) in [5.41, 5.74) is 10.2. The van der Waals surface area contributed by atoms with E-state index in [4.69, 9.17) is 19.9 Å². The molecule has 0 aliphatic heterocycles. The normalized spacial score (nSPS) is 20.6. The third-order valence-electron chi connectivity index (χ3n) is 12.3. The minimum absolute atomic E-state index is 0.250. The van der Waals surface area contributed by atoms with E-state index in [1.54, 1.807) is 0 Å². The molecular weight excluding hydrogens is 685 g/mol. The van der Waals surface area contributed by atoms with Crippen molar-refractivity contribution in [3.8, 4) is 57.0 Å². The molecule has 10 rings (SSSR count). The second kappa shape index (κ2) is 13.7. The Hall–Kier alpha value is -6.45. The number of para-hydroxylation sites is 2. The van der Waals surface area contributed by atoms with Crippen molar-refractivity contribution in [1.29, 1.82) is 5.26 Å². The van der Waals surface area contributed by atoms with Crippen LogP contribution in [0.15, 0.2) is 140 Å². The molecule has 1 unspecified atom stereocenters. The lowest BCUT2D eigenvalue weighted by atomic mass is 9.54. The summed E-state index contributed by atoms with van der Waals surface area (Å²) in [7, 11) is 0. The van der Waals surface area contributed by atoms with Gasteiger partial charge in [-0.3, -0.25) is 4.57 Å². The smallest absolute Gasteiger partial charge is 0.164 e. The maximum absolute atomic E-state index is 9.29. The Morgan fingerprint density at radius 3 is 1.84 bits per heavy atom. The van der Waals surface area contributed by atoms with Crippen LogP contribution < -0.4 is 0 Å². The van der Waals surface area contributed by atoms with Crippen LogP contribution in [0.25, 0.3) is 72.9 Å². The van der Waals surface area contributed by atoms with E-state index in [0.717, 1.165) is 73.2 Å². The molecule has 3 aromatic heterocycles. The summed E-state index contributed by atoms with van der Waals surface area (Å²) >= 11 is 0. The van der Waals surface area contributed by atoms with Gasteiger partial charge in [0.05, 0.1) is 17.1 Å². The van der Waals surface area contributed by atoms with E-state index in [9.17, 15) is 5.26 Å². The molecule has 6 heteroatoms. The van der Waals surface area contributed by atoms with Crippen LogP contribution >= 0.6 is 0 Å². The second-order valence-electron chi connectivity index (χ2n) is 16.3. The van der Waals surface area contributed by atoms with Gasteiger partial charge in [-0.15, -0.1) is 0 Å². The molecule has 0 N–H and O–H groups in total. The maximum atomic E-state index is 9.29. The van der Waals surface area contributed by atoms with Crippen molar-refractivity contribution >= 4 is 21.9 Å². The van der Waals surface area contributed by atoms with E-state index in [0.29, 0.717) is 23.0 Å². The van der Waals surface area contributed by atoms with Gasteiger partial charge in [0.15, 0.2) is 17.5 Å². The second-order valence-corrected chi connectivity index (χ2v) is 16.3. The third-order valence-corrected chi connectivity index (χ3v) is 12.3. The summed E-state index contributed by atoms with van der Waals surface area (Å²) in [6.45, 7) is 4.90. The zero-order valence-corrected chi connectivity index (χ0v) is 31.7.